The van der Waals surface area contributed by atoms with Crippen LogP contribution in [0, 0.1) is 5.82 Å². The van der Waals surface area contributed by atoms with Crippen molar-refractivity contribution in [3.8, 4) is 5.75 Å². The Bertz CT molecular complexity index is 449. The number of halogens is 1. The van der Waals surface area contributed by atoms with Crippen molar-refractivity contribution < 1.29 is 9.13 Å². The van der Waals surface area contributed by atoms with E-state index >= 15 is 0 Å². The first-order valence-corrected chi connectivity index (χ1v) is 7.86. The summed E-state index contributed by atoms with van der Waals surface area (Å²) in [6, 6.07) is 5.08. The van der Waals surface area contributed by atoms with Crippen molar-refractivity contribution in [3.05, 3.63) is 29.6 Å². The van der Waals surface area contributed by atoms with Crippen LogP contribution in [-0.2, 0) is 0 Å². The molecule has 20 heavy (non-hydrogen) atoms. The summed E-state index contributed by atoms with van der Waals surface area (Å²) in [6.45, 7) is 7.37. The van der Waals surface area contributed by atoms with E-state index in [0.29, 0.717) is 0 Å². The third-order valence-electron chi connectivity index (χ3n) is 4.33. The van der Waals surface area contributed by atoms with Crippen molar-refractivity contribution >= 4 is 0 Å². The highest BCUT2D eigenvalue weighted by molar-refractivity contribution is 5.39. The van der Waals surface area contributed by atoms with Gasteiger partial charge in [-0.3, -0.25) is 0 Å². The van der Waals surface area contributed by atoms with Crippen LogP contribution in [0.15, 0.2) is 18.2 Å². The van der Waals surface area contributed by atoms with Gasteiger partial charge in [-0.05, 0) is 44.0 Å². The molecule has 1 aromatic rings. The van der Waals surface area contributed by atoms with Gasteiger partial charge in [-0.25, -0.2) is 4.39 Å². The fourth-order valence-electron chi connectivity index (χ4n) is 3.12. The lowest BCUT2D eigenvalue weighted by Gasteiger charge is -2.42. The van der Waals surface area contributed by atoms with Crippen LogP contribution in [0.3, 0.4) is 0 Å². The minimum absolute atomic E-state index is 0.103. The smallest absolute Gasteiger partial charge is 0.125 e. The molecule has 0 aliphatic carbocycles. The maximum absolute atomic E-state index is 13.5. The molecular weight excluding hydrogens is 253 g/mol. The SMILES string of the molecule is CCCCC1(CC)CC(NCC)c2cc(F)ccc2O1. The predicted molar refractivity (Wildman–Crippen MR) is 80.6 cm³/mol. The van der Waals surface area contributed by atoms with E-state index in [0.717, 1.165) is 37.1 Å². The van der Waals surface area contributed by atoms with Crippen LogP contribution < -0.4 is 10.1 Å². The highest BCUT2D eigenvalue weighted by Crippen LogP contribution is 2.43. The van der Waals surface area contributed by atoms with E-state index in [1.165, 1.54) is 18.9 Å². The second-order valence-corrected chi connectivity index (χ2v) is 5.74. The fourth-order valence-corrected chi connectivity index (χ4v) is 3.12. The molecule has 3 heteroatoms. The molecule has 112 valence electrons. The summed E-state index contributed by atoms with van der Waals surface area (Å²) >= 11 is 0. The summed E-state index contributed by atoms with van der Waals surface area (Å²) in [5.41, 5.74) is 0.862. The topological polar surface area (TPSA) is 21.3 Å². The number of hydrogen-bond donors (Lipinski definition) is 1. The molecule has 1 aromatic carbocycles. The van der Waals surface area contributed by atoms with Gasteiger partial charge in [0.25, 0.3) is 0 Å². The first-order chi connectivity index (χ1) is 9.64. The Labute approximate surface area is 121 Å². The lowest BCUT2D eigenvalue weighted by molar-refractivity contribution is 0.0166. The molecule has 1 aliphatic heterocycles. The fraction of sp³-hybridized carbons (Fsp3) is 0.647. The van der Waals surface area contributed by atoms with E-state index < -0.39 is 0 Å². The quantitative estimate of drug-likeness (QED) is 0.822. The number of unbranched alkanes of at least 4 members (excludes halogenated alkanes) is 1. The predicted octanol–water partition coefficient (Wildman–Crippen LogP) is 4.60. The monoisotopic (exact) mass is 279 g/mol. The molecule has 0 saturated heterocycles. The Kier molecular flexibility index (Phi) is 5.03. The average Bonchev–Trinajstić information content (AvgIpc) is 2.46. The van der Waals surface area contributed by atoms with E-state index in [1.54, 1.807) is 12.1 Å². The molecule has 1 heterocycles. The van der Waals surface area contributed by atoms with Gasteiger partial charge >= 0.3 is 0 Å². The molecule has 0 spiro atoms. The highest BCUT2D eigenvalue weighted by atomic mass is 19.1. The van der Waals surface area contributed by atoms with Gasteiger partial charge in [0.15, 0.2) is 0 Å². The summed E-state index contributed by atoms with van der Waals surface area (Å²) in [4.78, 5) is 0. The maximum atomic E-state index is 13.5. The second kappa shape index (κ2) is 6.57. The van der Waals surface area contributed by atoms with Gasteiger partial charge in [-0.2, -0.15) is 0 Å². The summed E-state index contributed by atoms with van der Waals surface area (Å²) in [6.07, 6.45) is 5.33. The molecule has 1 aliphatic rings. The molecule has 0 aromatic heterocycles. The second-order valence-electron chi connectivity index (χ2n) is 5.74. The van der Waals surface area contributed by atoms with Gasteiger partial charge in [0.2, 0.25) is 0 Å². The lowest BCUT2D eigenvalue weighted by atomic mass is 9.82. The van der Waals surface area contributed by atoms with Crippen molar-refractivity contribution in [3.63, 3.8) is 0 Å². The molecular formula is C17H26FNO. The Hall–Kier alpha value is -1.09. The van der Waals surface area contributed by atoms with Crippen LogP contribution in [0.4, 0.5) is 4.39 Å². The molecule has 2 rings (SSSR count). The Morgan fingerprint density at radius 3 is 2.80 bits per heavy atom. The molecule has 2 nitrogen and oxygen atoms in total. The molecule has 2 atom stereocenters. The summed E-state index contributed by atoms with van der Waals surface area (Å²) in [5, 5.41) is 3.49. The minimum Gasteiger partial charge on any atom is -0.487 e. The Balaban J connectivity index is 2.31. The van der Waals surface area contributed by atoms with Crippen molar-refractivity contribution in [2.75, 3.05) is 6.54 Å². The third kappa shape index (κ3) is 3.14. The summed E-state index contributed by atoms with van der Waals surface area (Å²) in [5.74, 6) is 0.661. The van der Waals surface area contributed by atoms with E-state index in [1.807, 2.05) is 0 Å². The normalized spacial score (nSPS) is 25.1. The molecule has 0 bridgehead atoms. The van der Waals surface area contributed by atoms with E-state index in [4.69, 9.17) is 4.74 Å². The number of nitrogens with one attached hydrogen (secondary N) is 1. The average molecular weight is 279 g/mol. The number of hydrogen-bond acceptors (Lipinski definition) is 2. The molecule has 2 unspecified atom stereocenters. The molecule has 0 radical (unpaired) electrons. The van der Waals surface area contributed by atoms with Crippen molar-refractivity contribution in [2.24, 2.45) is 0 Å². The van der Waals surface area contributed by atoms with Crippen LogP contribution >= 0.6 is 0 Å². The molecule has 0 amide bonds. The van der Waals surface area contributed by atoms with Crippen LogP contribution in [0.2, 0.25) is 0 Å². The van der Waals surface area contributed by atoms with Gasteiger partial charge in [0.05, 0.1) is 0 Å². The Morgan fingerprint density at radius 2 is 2.15 bits per heavy atom. The Morgan fingerprint density at radius 1 is 1.35 bits per heavy atom. The number of fused-ring (bicyclic) bond motifs is 1. The van der Waals surface area contributed by atoms with Crippen molar-refractivity contribution in [1.82, 2.24) is 5.32 Å². The van der Waals surface area contributed by atoms with Gasteiger partial charge in [-0.1, -0.05) is 27.2 Å². The van der Waals surface area contributed by atoms with Crippen LogP contribution in [-0.4, -0.2) is 12.1 Å². The lowest BCUT2D eigenvalue weighted by Crippen LogP contribution is -2.43. The van der Waals surface area contributed by atoms with Crippen molar-refractivity contribution in [2.45, 2.75) is 64.5 Å². The zero-order valence-corrected chi connectivity index (χ0v) is 12.8. The standard InChI is InChI=1S/C17H26FNO/c1-4-7-10-17(5-2)12-15(19-6-3)14-11-13(18)8-9-16(14)20-17/h8-9,11,15,19H,4-7,10,12H2,1-3H3. The first kappa shape index (κ1) is 15.3. The molecule has 1 N–H and O–H groups in total. The third-order valence-corrected chi connectivity index (χ3v) is 4.33. The van der Waals surface area contributed by atoms with Gasteiger partial charge in [0.1, 0.15) is 17.2 Å². The maximum Gasteiger partial charge on any atom is 0.125 e. The number of rotatable bonds is 6. The van der Waals surface area contributed by atoms with E-state index in [2.05, 4.69) is 26.1 Å². The van der Waals surface area contributed by atoms with Gasteiger partial charge in [-0.15, -0.1) is 0 Å². The van der Waals surface area contributed by atoms with Crippen LogP contribution in [0.1, 0.15) is 64.5 Å². The summed E-state index contributed by atoms with van der Waals surface area (Å²) < 4.78 is 19.8. The molecule has 0 fully saturated rings. The van der Waals surface area contributed by atoms with Crippen LogP contribution in [0.5, 0.6) is 5.75 Å². The first-order valence-electron chi connectivity index (χ1n) is 7.86. The zero-order valence-electron chi connectivity index (χ0n) is 12.8. The minimum atomic E-state index is -0.187. The van der Waals surface area contributed by atoms with Crippen LogP contribution in [0.25, 0.3) is 0 Å². The number of ether oxygens (including phenoxy) is 1. The van der Waals surface area contributed by atoms with Gasteiger partial charge in [0, 0.05) is 18.0 Å². The number of benzene rings is 1. The van der Waals surface area contributed by atoms with Gasteiger partial charge < -0.3 is 10.1 Å². The largest absolute Gasteiger partial charge is 0.487 e. The highest BCUT2D eigenvalue weighted by Gasteiger charge is 2.39. The molecule has 0 saturated carbocycles. The van der Waals surface area contributed by atoms with E-state index in [-0.39, 0.29) is 17.5 Å². The van der Waals surface area contributed by atoms with E-state index in [9.17, 15) is 4.39 Å². The summed E-state index contributed by atoms with van der Waals surface area (Å²) in [7, 11) is 0. The zero-order chi connectivity index (χ0) is 14.6. The van der Waals surface area contributed by atoms with Crippen molar-refractivity contribution in [1.29, 1.82) is 0 Å².